The summed E-state index contributed by atoms with van der Waals surface area (Å²) in [6.45, 7) is 4.42. The SMILES string of the molecule is COC1CC(Nc2ccncc2N)C1(C)C. The van der Waals surface area contributed by atoms with Crippen LogP contribution in [0, 0.1) is 5.41 Å². The molecule has 0 radical (unpaired) electrons. The molecule has 1 aliphatic rings. The van der Waals surface area contributed by atoms with Crippen molar-refractivity contribution in [2.24, 2.45) is 5.41 Å². The van der Waals surface area contributed by atoms with Crippen LogP contribution in [0.1, 0.15) is 20.3 Å². The van der Waals surface area contributed by atoms with Crippen LogP contribution in [-0.4, -0.2) is 24.2 Å². The molecule has 0 aromatic carbocycles. The fourth-order valence-electron chi connectivity index (χ4n) is 2.26. The summed E-state index contributed by atoms with van der Waals surface area (Å²) in [7, 11) is 1.77. The molecule has 88 valence electrons. The number of rotatable bonds is 3. The number of hydrogen-bond donors (Lipinski definition) is 2. The highest BCUT2D eigenvalue weighted by Crippen LogP contribution is 2.44. The second kappa shape index (κ2) is 3.94. The van der Waals surface area contributed by atoms with E-state index < -0.39 is 0 Å². The largest absolute Gasteiger partial charge is 0.396 e. The number of aromatic nitrogens is 1. The molecule has 1 aromatic heterocycles. The van der Waals surface area contributed by atoms with Gasteiger partial charge in [-0.3, -0.25) is 4.98 Å². The zero-order valence-corrected chi connectivity index (χ0v) is 10.0. The van der Waals surface area contributed by atoms with Crippen LogP contribution < -0.4 is 11.1 Å². The van der Waals surface area contributed by atoms with E-state index in [-0.39, 0.29) is 5.41 Å². The first-order valence-electron chi connectivity index (χ1n) is 5.54. The van der Waals surface area contributed by atoms with Gasteiger partial charge < -0.3 is 15.8 Å². The van der Waals surface area contributed by atoms with E-state index in [1.807, 2.05) is 6.07 Å². The third-order valence-electron chi connectivity index (χ3n) is 3.64. The predicted molar refractivity (Wildman–Crippen MR) is 65.3 cm³/mol. The Morgan fingerprint density at radius 1 is 1.56 bits per heavy atom. The van der Waals surface area contributed by atoms with Crippen molar-refractivity contribution in [3.63, 3.8) is 0 Å². The average Bonchev–Trinajstić information content (AvgIpc) is 2.26. The van der Waals surface area contributed by atoms with Gasteiger partial charge in [-0.25, -0.2) is 0 Å². The Labute approximate surface area is 96.2 Å². The van der Waals surface area contributed by atoms with Crippen LogP contribution in [-0.2, 0) is 4.74 Å². The highest BCUT2D eigenvalue weighted by Gasteiger charge is 2.48. The van der Waals surface area contributed by atoms with Gasteiger partial charge in [0.1, 0.15) is 0 Å². The summed E-state index contributed by atoms with van der Waals surface area (Å²) in [5, 5.41) is 3.46. The van der Waals surface area contributed by atoms with E-state index in [9.17, 15) is 0 Å². The third-order valence-corrected chi connectivity index (χ3v) is 3.64. The topological polar surface area (TPSA) is 60.2 Å². The van der Waals surface area contributed by atoms with Crippen LogP contribution in [0.2, 0.25) is 0 Å². The molecule has 16 heavy (non-hydrogen) atoms. The molecule has 0 spiro atoms. The Morgan fingerprint density at radius 2 is 2.31 bits per heavy atom. The number of nitrogen functional groups attached to an aromatic ring is 1. The fourth-order valence-corrected chi connectivity index (χ4v) is 2.26. The maximum atomic E-state index is 5.85. The second-order valence-corrected chi connectivity index (χ2v) is 4.94. The van der Waals surface area contributed by atoms with Crippen LogP contribution in [0.15, 0.2) is 18.5 Å². The zero-order chi connectivity index (χ0) is 11.8. The van der Waals surface area contributed by atoms with Crippen LogP contribution >= 0.6 is 0 Å². The van der Waals surface area contributed by atoms with E-state index in [0.717, 1.165) is 12.1 Å². The van der Waals surface area contributed by atoms with Gasteiger partial charge in [0.15, 0.2) is 0 Å². The van der Waals surface area contributed by atoms with Crippen LogP contribution in [0.25, 0.3) is 0 Å². The molecule has 2 atom stereocenters. The average molecular weight is 221 g/mol. The molecule has 1 aromatic rings. The first-order valence-corrected chi connectivity index (χ1v) is 5.54. The predicted octanol–water partition coefficient (Wildman–Crippen LogP) is 1.89. The molecule has 0 amide bonds. The molecule has 3 N–H and O–H groups in total. The van der Waals surface area contributed by atoms with Crippen molar-refractivity contribution in [2.75, 3.05) is 18.2 Å². The Hall–Kier alpha value is -1.29. The lowest BCUT2D eigenvalue weighted by molar-refractivity contribution is -0.0794. The van der Waals surface area contributed by atoms with Gasteiger partial charge in [0, 0.05) is 24.8 Å². The number of pyridine rings is 1. The second-order valence-electron chi connectivity index (χ2n) is 4.94. The fraction of sp³-hybridized carbons (Fsp3) is 0.583. The summed E-state index contributed by atoms with van der Waals surface area (Å²) in [4.78, 5) is 3.97. The molecule has 0 saturated heterocycles. The van der Waals surface area contributed by atoms with Gasteiger partial charge in [-0.15, -0.1) is 0 Å². The first-order chi connectivity index (χ1) is 7.55. The summed E-state index contributed by atoms with van der Waals surface area (Å²) in [5.74, 6) is 0. The van der Waals surface area contributed by atoms with Gasteiger partial charge >= 0.3 is 0 Å². The molecule has 1 heterocycles. The van der Waals surface area contributed by atoms with Crippen molar-refractivity contribution in [1.29, 1.82) is 0 Å². The monoisotopic (exact) mass is 221 g/mol. The van der Waals surface area contributed by atoms with Gasteiger partial charge in [0.05, 0.1) is 23.7 Å². The van der Waals surface area contributed by atoms with Gasteiger partial charge in [-0.1, -0.05) is 13.8 Å². The van der Waals surface area contributed by atoms with E-state index >= 15 is 0 Å². The van der Waals surface area contributed by atoms with E-state index in [2.05, 4.69) is 24.1 Å². The van der Waals surface area contributed by atoms with Gasteiger partial charge in [0.25, 0.3) is 0 Å². The number of ether oxygens (including phenoxy) is 1. The maximum absolute atomic E-state index is 5.85. The zero-order valence-electron chi connectivity index (χ0n) is 10.0. The van der Waals surface area contributed by atoms with E-state index in [4.69, 9.17) is 10.5 Å². The Balaban J connectivity index is 2.05. The molecular weight excluding hydrogens is 202 g/mol. The van der Waals surface area contributed by atoms with E-state index in [1.54, 1.807) is 19.5 Å². The third kappa shape index (κ3) is 1.73. The lowest BCUT2D eigenvalue weighted by Crippen LogP contribution is -2.57. The van der Waals surface area contributed by atoms with Gasteiger partial charge in [-0.05, 0) is 12.5 Å². The number of nitrogens with one attached hydrogen (secondary N) is 1. The molecule has 2 rings (SSSR count). The lowest BCUT2D eigenvalue weighted by atomic mass is 9.64. The maximum Gasteiger partial charge on any atom is 0.0736 e. The van der Waals surface area contributed by atoms with Gasteiger partial charge in [0.2, 0.25) is 0 Å². The molecule has 1 aliphatic carbocycles. The number of hydrogen-bond acceptors (Lipinski definition) is 4. The molecule has 4 nitrogen and oxygen atoms in total. The van der Waals surface area contributed by atoms with Crippen molar-refractivity contribution < 1.29 is 4.74 Å². The number of nitrogens with two attached hydrogens (primary N) is 1. The van der Waals surface area contributed by atoms with Crippen molar-refractivity contribution in [3.05, 3.63) is 18.5 Å². The summed E-state index contributed by atoms with van der Waals surface area (Å²) in [5.41, 5.74) is 7.64. The summed E-state index contributed by atoms with van der Waals surface area (Å²) in [6.07, 6.45) is 4.76. The highest BCUT2D eigenvalue weighted by atomic mass is 16.5. The first kappa shape index (κ1) is 11.2. The normalized spacial score (nSPS) is 27.2. The molecule has 1 fully saturated rings. The van der Waals surface area contributed by atoms with Crippen LogP contribution in [0.3, 0.4) is 0 Å². The number of nitrogens with zero attached hydrogens (tertiary/aromatic N) is 1. The summed E-state index contributed by atoms with van der Waals surface area (Å²) < 4.78 is 5.42. The molecule has 2 unspecified atom stereocenters. The molecule has 0 aliphatic heterocycles. The van der Waals surface area contributed by atoms with Crippen molar-refractivity contribution in [1.82, 2.24) is 4.98 Å². The van der Waals surface area contributed by atoms with Crippen molar-refractivity contribution in [2.45, 2.75) is 32.4 Å². The lowest BCUT2D eigenvalue weighted by Gasteiger charge is -2.51. The summed E-state index contributed by atoms with van der Waals surface area (Å²) in [6, 6.07) is 2.31. The van der Waals surface area contributed by atoms with E-state index in [1.165, 1.54) is 0 Å². The van der Waals surface area contributed by atoms with Crippen LogP contribution in [0.4, 0.5) is 11.4 Å². The Morgan fingerprint density at radius 3 is 2.88 bits per heavy atom. The van der Waals surface area contributed by atoms with Crippen molar-refractivity contribution in [3.8, 4) is 0 Å². The van der Waals surface area contributed by atoms with E-state index in [0.29, 0.717) is 17.8 Å². The minimum absolute atomic E-state index is 0.143. The standard InChI is InChI=1S/C12H19N3O/c1-12(2)10(6-11(12)16-3)15-9-4-5-14-7-8(9)13/h4-5,7,10-11H,6,13H2,1-3H3,(H,14,15). The minimum atomic E-state index is 0.143. The molecular formula is C12H19N3O. The molecule has 0 bridgehead atoms. The van der Waals surface area contributed by atoms with Gasteiger partial charge in [-0.2, -0.15) is 0 Å². The summed E-state index contributed by atoms with van der Waals surface area (Å²) >= 11 is 0. The molecule has 1 saturated carbocycles. The van der Waals surface area contributed by atoms with Crippen LogP contribution in [0.5, 0.6) is 0 Å². The smallest absolute Gasteiger partial charge is 0.0736 e. The number of anilines is 2. The minimum Gasteiger partial charge on any atom is -0.396 e. The quantitative estimate of drug-likeness (QED) is 0.818. The Kier molecular flexibility index (Phi) is 2.76. The Bertz CT molecular complexity index is 378. The molecule has 4 heteroatoms. The van der Waals surface area contributed by atoms with Crippen molar-refractivity contribution >= 4 is 11.4 Å². The highest BCUT2D eigenvalue weighted by molar-refractivity contribution is 5.65. The number of methoxy groups -OCH3 is 1.